The normalized spacial score (nSPS) is 43.5. The number of carboxylic acid groups (broad SMARTS) is 1. The number of aliphatic carboxylic acids is 1. The van der Waals surface area contributed by atoms with Crippen molar-refractivity contribution in [2.45, 2.75) is 46.0 Å². The van der Waals surface area contributed by atoms with Crippen molar-refractivity contribution in [3.05, 3.63) is 23.8 Å². The van der Waals surface area contributed by atoms with Gasteiger partial charge in [0, 0.05) is 5.41 Å². The third kappa shape index (κ3) is 1.87. The summed E-state index contributed by atoms with van der Waals surface area (Å²) in [4.78, 5) is 23.1. The maximum Gasteiger partial charge on any atom is 0.309 e. The molecule has 0 spiro atoms. The molecule has 0 aromatic carbocycles. The van der Waals surface area contributed by atoms with Crippen molar-refractivity contribution in [3.63, 3.8) is 0 Å². The quantitative estimate of drug-likeness (QED) is 0.797. The molecule has 0 bridgehead atoms. The van der Waals surface area contributed by atoms with Crippen LogP contribution in [0.3, 0.4) is 0 Å². The van der Waals surface area contributed by atoms with Gasteiger partial charge >= 0.3 is 5.97 Å². The molecular weight excluding hydrogens is 252 g/mol. The van der Waals surface area contributed by atoms with Gasteiger partial charge in [0.25, 0.3) is 0 Å². The zero-order valence-corrected chi connectivity index (χ0v) is 12.2. The maximum atomic E-state index is 11.6. The molecule has 4 unspecified atom stereocenters. The van der Waals surface area contributed by atoms with E-state index in [4.69, 9.17) is 0 Å². The van der Waals surface area contributed by atoms with E-state index in [1.807, 2.05) is 6.92 Å². The molecule has 108 valence electrons. The Labute approximate surface area is 119 Å². The minimum absolute atomic E-state index is 0.0311. The van der Waals surface area contributed by atoms with Crippen molar-refractivity contribution < 1.29 is 14.7 Å². The van der Waals surface area contributed by atoms with E-state index in [1.54, 1.807) is 12.2 Å². The van der Waals surface area contributed by atoms with E-state index in [2.05, 4.69) is 13.0 Å². The van der Waals surface area contributed by atoms with Gasteiger partial charge in [0.1, 0.15) is 0 Å². The van der Waals surface area contributed by atoms with Gasteiger partial charge in [-0.25, -0.2) is 0 Å². The molecule has 0 radical (unpaired) electrons. The summed E-state index contributed by atoms with van der Waals surface area (Å²) in [7, 11) is 0. The van der Waals surface area contributed by atoms with Gasteiger partial charge < -0.3 is 5.11 Å². The second kappa shape index (κ2) is 4.31. The van der Waals surface area contributed by atoms with E-state index >= 15 is 0 Å². The van der Waals surface area contributed by atoms with Gasteiger partial charge in [0.05, 0.1) is 5.41 Å². The highest BCUT2D eigenvalue weighted by atomic mass is 16.4. The molecule has 3 rings (SSSR count). The van der Waals surface area contributed by atoms with Gasteiger partial charge in [-0.2, -0.15) is 0 Å². The Morgan fingerprint density at radius 3 is 2.80 bits per heavy atom. The molecule has 3 aliphatic rings. The number of hydrogen-bond acceptors (Lipinski definition) is 2. The van der Waals surface area contributed by atoms with E-state index in [1.165, 1.54) is 5.57 Å². The first-order valence-electron chi connectivity index (χ1n) is 7.53. The fourth-order valence-electron chi connectivity index (χ4n) is 4.60. The van der Waals surface area contributed by atoms with Crippen LogP contribution in [0.15, 0.2) is 23.8 Å². The minimum Gasteiger partial charge on any atom is -0.481 e. The fraction of sp³-hybridized carbons (Fsp3) is 0.647. The van der Waals surface area contributed by atoms with E-state index in [0.29, 0.717) is 11.8 Å². The number of ketones is 1. The lowest BCUT2D eigenvalue weighted by molar-refractivity contribution is -0.153. The van der Waals surface area contributed by atoms with Crippen molar-refractivity contribution in [3.8, 4) is 0 Å². The van der Waals surface area contributed by atoms with Crippen LogP contribution in [0.4, 0.5) is 0 Å². The van der Waals surface area contributed by atoms with Crippen LogP contribution in [-0.2, 0) is 9.59 Å². The molecule has 2 fully saturated rings. The smallest absolute Gasteiger partial charge is 0.309 e. The Kier molecular flexibility index (Phi) is 2.93. The SMILES string of the molecule is CC1(C(=O)O)CCC2C(CCC3=CC(=O)C=CC32C)C1. The molecule has 0 aromatic heterocycles. The number of carbonyl (C=O) groups is 2. The standard InChI is InChI=1S/C17H22O3/c1-16(15(19)20)7-6-14-11(10-16)3-4-12-9-13(18)5-8-17(12,14)2/h5,8-9,11,14H,3-4,6-7,10H2,1-2H3,(H,19,20). The summed E-state index contributed by atoms with van der Waals surface area (Å²) in [6.45, 7) is 4.11. The van der Waals surface area contributed by atoms with Gasteiger partial charge in [0.2, 0.25) is 0 Å². The average molecular weight is 274 g/mol. The Hall–Kier alpha value is -1.38. The number of rotatable bonds is 1. The predicted octanol–water partition coefficient (Wildman–Crippen LogP) is 3.36. The highest BCUT2D eigenvalue weighted by molar-refractivity contribution is 6.01. The van der Waals surface area contributed by atoms with Gasteiger partial charge in [-0.15, -0.1) is 0 Å². The van der Waals surface area contributed by atoms with Gasteiger partial charge in [-0.1, -0.05) is 18.6 Å². The Bertz CT molecular complexity index is 530. The summed E-state index contributed by atoms with van der Waals surface area (Å²) in [5, 5.41) is 9.45. The minimum atomic E-state index is -0.656. The maximum absolute atomic E-state index is 11.6. The van der Waals surface area contributed by atoms with E-state index in [9.17, 15) is 14.7 Å². The highest BCUT2D eigenvalue weighted by Gasteiger charge is 2.51. The molecule has 20 heavy (non-hydrogen) atoms. The molecule has 3 heteroatoms. The fourth-order valence-corrected chi connectivity index (χ4v) is 4.60. The topological polar surface area (TPSA) is 54.4 Å². The molecule has 2 saturated carbocycles. The summed E-state index contributed by atoms with van der Waals surface area (Å²) in [5.74, 6) is 0.392. The molecule has 0 heterocycles. The molecule has 0 aliphatic heterocycles. The number of hydrogen-bond donors (Lipinski definition) is 1. The summed E-state index contributed by atoms with van der Waals surface area (Å²) < 4.78 is 0. The predicted molar refractivity (Wildman–Crippen MR) is 76.1 cm³/mol. The number of carbonyl (C=O) groups excluding carboxylic acids is 1. The number of fused-ring (bicyclic) bond motifs is 3. The zero-order chi connectivity index (χ0) is 14.5. The molecule has 0 aromatic rings. The average Bonchev–Trinajstić information content (AvgIpc) is 2.39. The van der Waals surface area contributed by atoms with Gasteiger partial charge in [-0.05, 0) is 63.0 Å². The first-order chi connectivity index (χ1) is 9.35. The molecule has 0 amide bonds. The second-order valence-electron chi connectivity index (χ2n) is 7.20. The van der Waals surface area contributed by atoms with Crippen LogP contribution in [-0.4, -0.2) is 16.9 Å². The molecule has 3 nitrogen and oxygen atoms in total. The third-order valence-electron chi connectivity index (χ3n) is 5.96. The summed E-state index contributed by atoms with van der Waals surface area (Å²) in [6.07, 6.45) is 9.99. The Morgan fingerprint density at radius 1 is 1.35 bits per heavy atom. The second-order valence-corrected chi connectivity index (χ2v) is 7.20. The van der Waals surface area contributed by atoms with Gasteiger partial charge in [-0.3, -0.25) is 9.59 Å². The lowest BCUT2D eigenvalue weighted by Crippen LogP contribution is -2.46. The molecule has 4 atom stereocenters. The van der Waals surface area contributed by atoms with Crippen LogP contribution in [0.25, 0.3) is 0 Å². The van der Waals surface area contributed by atoms with Crippen LogP contribution in [0.1, 0.15) is 46.0 Å². The Morgan fingerprint density at radius 2 is 2.10 bits per heavy atom. The summed E-state index contributed by atoms with van der Waals surface area (Å²) in [5.41, 5.74) is 0.661. The first-order valence-corrected chi connectivity index (χ1v) is 7.53. The lowest BCUT2D eigenvalue weighted by atomic mass is 9.51. The summed E-state index contributed by atoms with van der Waals surface area (Å²) in [6, 6.07) is 0. The largest absolute Gasteiger partial charge is 0.481 e. The lowest BCUT2D eigenvalue weighted by Gasteiger charge is -2.52. The van der Waals surface area contributed by atoms with Crippen LogP contribution >= 0.6 is 0 Å². The van der Waals surface area contributed by atoms with Crippen molar-refractivity contribution in [2.75, 3.05) is 0 Å². The Balaban J connectivity index is 1.90. The van der Waals surface area contributed by atoms with Gasteiger partial charge in [0.15, 0.2) is 5.78 Å². The monoisotopic (exact) mass is 274 g/mol. The van der Waals surface area contributed by atoms with Crippen molar-refractivity contribution in [1.29, 1.82) is 0 Å². The van der Waals surface area contributed by atoms with Crippen molar-refractivity contribution >= 4 is 11.8 Å². The molecule has 1 N–H and O–H groups in total. The van der Waals surface area contributed by atoms with Crippen LogP contribution in [0.5, 0.6) is 0 Å². The van der Waals surface area contributed by atoms with E-state index < -0.39 is 11.4 Å². The van der Waals surface area contributed by atoms with Crippen LogP contribution in [0.2, 0.25) is 0 Å². The summed E-state index contributed by atoms with van der Waals surface area (Å²) >= 11 is 0. The third-order valence-corrected chi connectivity index (χ3v) is 5.96. The first kappa shape index (κ1) is 13.6. The zero-order valence-electron chi connectivity index (χ0n) is 12.2. The van der Waals surface area contributed by atoms with Crippen LogP contribution < -0.4 is 0 Å². The molecular formula is C17H22O3. The highest BCUT2D eigenvalue weighted by Crippen LogP contribution is 2.58. The van der Waals surface area contributed by atoms with Crippen molar-refractivity contribution in [1.82, 2.24) is 0 Å². The van der Waals surface area contributed by atoms with E-state index in [-0.39, 0.29) is 11.2 Å². The number of carboxylic acids is 1. The molecule has 0 saturated heterocycles. The molecule has 3 aliphatic carbocycles. The van der Waals surface area contributed by atoms with Crippen molar-refractivity contribution in [2.24, 2.45) is 22.7 Å². The van der Waals surface area contributed by atoms with E-state index in [0.717, 1.165) is 32.1 Å². The number of allylic oxidation sites excluding steroid dienone is 4. The van der Waals surface area contributed by atoms with Crippen LogP contribution in [0, 0.1) is 22.7 Å².